The Bertz CT molecular complexity index is 68.6. The standard InChI is InChI=1S/C7H16ClNS/c1-7(8)3-4-9-5-6-10-2/h7,9H,3-6H2,1-2H3. The van der Waals surface area contributed by atoms with Crippen LogP contribution < -0.4 is 5.32 Å². The Kier molecular flexibility index (Phi) is 8.17. The molecule has 0 amide bonds. The fourth-order valence-electron chi connectivity index (χ4n) is 0.600. The molecule has 0 saturated heterocycles. The van der Waals surface area contributed by atoms with Crippen molar-refractivity contribution in [3.05, 3.63) is 0 Å². The summed E-state index contributed by atoms with van der Waals surface area (Å²) in [6.07, 6.45) is 3.18. The van der Waals surface area contributed by atoms with Gasteiger partial charge in [0.1, 0.15) is 0 Å². The van der Waals surface area contributed by atoms with Crippen LogP contribution in [0.25, 0.3) is 0 Å². The molecule has 0 aromatic rings. The second-order valence-corrected chi connectivity index (χ2v) is 4.04. The highest BCUT2D eigenvalue weighted by Crippen LogP contribution is 1.97. The predicted molar refractivity (Wildman–Crippen MR) is 51.2 cm³/mol. The molecule has 0 aromatic heterocycles. The van der Waals surface area contributed by atoms with Gasteiger partial charge in [-0.1, -0.05) is 0 Å². The zero-order chi connectivity index (χ0) is 7.82. The van der Waals surface area contributed by atoms with E-state index in [0.29, 0.717) is 5.38 Å². The number of rotatable bonds is 6. The van der Waals surface area contributed by atoms with Crippen molar-refractivity contribution in [3.8, 4) is 0 Å². The van der Waals surface area contributed by atoms with Crippen molar-refractivity contribution in [2.45, 2.75) is 18.7 Å². The van der Waals surface area contributed by atoms with Crippen LogP contribution in [0, 0.1) is 0 Å². The number of hydrogen-bond acceptors (Lipinski definition) is 2. The minimum absolute atomic E-state index is 0.307. The summed E-state index contributed by atoms with van der Waals surface area (Å²) in [6.45, 7) is 4.17. The summed E-state index contributed by atoms with van der Waals surface area (Å²) in [5, 5.41) is 3.62. The molecule has 62 valence electrons. The Hall–Kier alpha value is 0.600. The van der Waals surface area contributed by atoms with E-state index >= 15 is 0 Å². The van der Waals surface area contributed by atoms with Crippen molar-refractivity contribution < 1.29 is 0 Å². The SMILES string of the molecule is CSCCNCCC(C)Cl. The smallest absolute Gasteiger partial charge is 0.0319 e. The molecule has 0 bridgehead atoms. The monoisotopic (exact) mass is 181 g/mol. The second-order valence-electron chi connectivity index (χ2n) is 2.31. The van der Waals surface area contributed by atoms with Crippen molar-refractivity contribution in [3.63, 3.8) is 0 Å². The third-order valence-electron chi connectivity index (χ3n) is 1.20. The first-order valence-corrected chi connectivity index (χ1v) is 5.44. The molecule has 0 aromatic carbocycles. The lowest BCUT2D eigenvalue weighted by Crippen LogP contribution is -2.20. The van der Waals surface area contributed by atoms with Crippen LogP contribution in [0.2, 0.25) is 0 Å². The molecule has 10 heavy (non-hydrogen) atoms. The van der Waals surface area contributed by atoms with Crippen molar-refractivity contribution in [2.75, 3.05) is 25.1 Å². The van der Waals surface area contributed by atoms with Gasteiger partial charge in [0, 0.05) is 17.7 Å². The molecule has 1 nitrogen and oxygen atoms in total. The molecule has 0 saturated carbocycles. The van der Waals surface area contributed by atoms with E-state index in [2.05, 4.69) is 11.6 Å². The third-order valence-corrected chi connectivity index (χ3v) is 2.03. The average molecular weight is 182 g/mol. The quantitative estimate of drug-likeness (QED) is 0.497. The van der Waals surface area contributed by atoms with Crippen LogP contribution in [-0.4, -0.2) is 30.5 Å². The van der Waals surface area contributed by atoms with Gasteiger partial charge in [0.25, 0.3) is 0 Å². The van der Waals surface area contributed by atoms with Crippen molar-refractivity contribution in [1.29, 1.82) is 0 Å². The van der Waals surface area contributed by atoms with Gasteiger partial charge in [-0.2, -0.15) is 11.8 Å². The van der Waals surface area contributed by atoms with Gasteiger partial charge in [-0.25, -0.2) is 0 Å². The Morgan fingerprint density at radius 1 is 1.50 bits per heavy atom. The molecule has 0 spiro atoms. The largest absolute Gasteiger partial charge is 0.316 e. The van der Waals surface area contributed by atoms with Gasteiger partial charge < -0.3 is 5.32 Å². The van der Waals surface area contributed by atoms with Crippen LogP contribution in [0.1, 0.15) is 13.3 Å². The van der Waals surface area contributed by atoms with Gasteiger partial charge in [0.2, 0.25) is 0 Å². The molecular formula is C7H16ClNS. The van der Waals surface area contributed by atoms with Gasteiger partial charge in [0.15, 0.2) is 0 Å². The molecule has 1 N–H and O–H groups in total. The maximum atomic E-state index is 5.75. The van der Waals surface area contributed by atoms with Crippen LogP contribution in [0.15, 0.2) is 0 Å². The first-order valence-electron chi connectivity index (χ1n) is 3.61. The molecule has 0 rings (SSSR count). The number of halogens is 1. The molecule has 1 atom stereocenters. The van der Waals surface area contributed by atoms with Crippen LogP contribution in [0.4, 0.5) is 0 Å². The summed E-state index contributed by atoms with van der Waals surface area (Å²) in [5.41, 5.74) is 0. The van der Waals surface area contributed by atoms with E-state index in [1.807, 2.05) is 18.7 Å². The van der Waals surface area contributed by atoms with E-state index in [1.165, 1.54) is 5.75 Å². The van der Waals surface area contributed by atoms with Gasteiger partial charge in [-0.3, -0.25) is 0 Å². The number of thioether (sulfide) groups is 1. The summed E-state index contributed by atoms with van der Waals surface area (Å²) >= 11 is 7.61. The highest BCUT2D eigenvalue weighted by atomic mass is 35.5. The minimum atomic E-state index is 0.307. The molecule has 0 aliphatic heterocycles. The minimum Gasteiger partial charge on any atom is -0.316 e. The van der Waals surface area contributed by atoms with Crippen LogP contribution in [0.5, 0.6) is 0 Å². The highest BCUT2D eigenvalue weighted by Gasteiger charge is 1.93. The summed E-state index contributed by atoms with van der Waals surface area (Å²) in [7, 11) is 0. The molecule has 0 radical (unpaired) electrons. The zero-order valence-corrected chi connectivity index (χ0v) is 8.26. The third kappa shape index (κ3) is 8.60. The maximum Gasteiger partial charge on any atom is 0.0319 e. The molecule has 0 aliphatic rings. The van der Waals surface area contributed by atoms with Crippen LogP contribution >= 0.6 is 23.4 Å². The molecule has 0 fully saturated rings. The fourth-order valence-corrected chi connectivity index (χ4v) is 1.06. The van der Waals surface area contributed by atoms with Gasteiger partial charge in [0.05, 0.1) is 0 Å². The number of nitrogens with one attached hydrogen (secondary N) is 1. The van der Waals surface area contributed by atoms with Gasteiger partial charge in [-0.15, -0.1) is 11.6 Å². The fraction of sp³-hybridized carbons (Fsp3) is 1.00. The highest BCUT2D eigenvalue weighted by molar-refractivity contribution is 7.98. The maximum absolute atomic E-state index is 5.75. The zero-order valence-electron chi connectivity index (χ0n) is 6.69. The predicted octanol–water partition coefficient (Wildman–Crippen LogP) is 1.96. The topological polar surface area (TPSA) is 12.0 Å². The molecule has 3 heteroatoms. The van der Waals surface area contributed by atoms with Crippen molar-refractivity contribution in [2.24, 2.45) is 0 Å². The van der Waals surface area contributed by atoms with E-state index in [9.17, 15) is 0 Å². The van der Waals surface area contributed by atoms with Crippen molar-refractivity contribution >= 4 is 23.4 Å². The molecule has 0 heterocycles. The van der Waals surface area contributed by atoms with E-state index < -0.39 is 0 Å². The summed E-state index contributed by atoms with van der Waals surface area (Å²) in [4.78, 5) is 0. The lowest BCUT2D eigenvalue weighted by Gasteiger charge is -2.03. The Labute approximate surface area is 72.9 Å². The second kappa shape index (κ2) is 7.70. The number of alkyl halides is 1. The Morgan fingerprint density at radius 3 is 2.70 bits per heavy atom. The van der Waals surface area contributed by atoms with Gasteiger partial charge in [-0.05, 0) is 26.1 Å². The normalized spacial score (nSPS) is 13.5. The average Bonchev–Trinajstić information content (AvgIpc) is 1.87. The van der Waals surface area contributed by atoms with Crippen LogP contribution in [0.3, 0.4) is 0 Å². The summed E-state index contributed by atoms with van der Waals surface area (Å²) < 4.78 is 0. The summed E-state index contributed by atoms with van der Waals surface area (Å²) in [5.74, 6) is 1.19. The van der Waals surface area contributed by atoms with E-state index in [4.69, 9.17) is 11.6 Å². The molecule has 1 unspecified atom stereocenters. The van der Waals surface area contributed by atoms with E-state index in [-0.39, 0.29) is 0 Å². The van der Waals surface area contributed by atoms with Gasteiger partial charge >= 0.3 is 0 Å². The van der Waals surface area contributed by atoms with Crippen molar-refractivity contribution in [1.82, 2.24) is 5.32 Å². The van der Waals surface area contributed by atoms with Crippen LogP contribution in [-0.2, 0) is 0 Å². The Morgan fingerprint density at radius 2 is 2.20 bits per heavy atom. The first-order chi connectivity index (χ1) is 4.77. The van der Waals surface area contributed by atoms with E-state index in [0.717, 1.165) is 19.5 Å². The van der Waals surface area contributed by atoms with E-state index in [1.54, 1.807) is 0 Å². The number of hydrogen-bond donors (Lipinski definition) is 1. The summed E-state index contributed by atoms with van der Waals surface area (Å²) in [6, 6.07) is 0. The lowest BCUT2D eigenvalue weighted by atomic mass is 10.3. The molecular weight excluding hydrogens is 166 g/mol. The Balaban J connectivity index is 2.77. The lowest BCUT2D eigenvalue weighted by molar-refractivity contribution is 0.670. The first kappa shape index (κ1) is 10.6. The molecule has 0 aliphatic carbocycles.